The second kappa shape index (κ2) is 6.96. The van der Waals surface area contributed by atoms with Gasteiger partial charge in [-0.1, -0.05) is 42.5 Å². The molecule has 2 N–H and O–H groups in total. The van der Waals surface area contributed by atoms with E-state index in [0.29, 0.717) is 11.3 Å². The maximum Gasteiger partial charge on any atom is 0.260 e. The molecule has 4 aromatic rings. The molecule has 3 heterocycles. The Hall–Kier alpha value is -3.41. The van der Waals surface area contributed by atoms with Crippen LogP contribution in [0.2, 0.25) is 0 Å². The summed E-state index contributed by atoms with van der Waals surface area (Å²) in [7, 11) is 0. The van der Waals surface area contributed by atoms with Crippen LogP contribution in [0.1, 0.15) is 24.6 Å². The van der Waals surface area contributed by atoms with Crippen molar-refractivity contribution in [2.45, 2.75) is 18.8 Å². The Morgan fingerprint density at radius 2 is 1.82 bits per heavy atom. The van der Waals surface area contributed by atoms with Crippen LogP contribution in [0.3, 0.4) is 0 Å². The number of fused-ring (bicyclic) bond motifs is 1. The van der Waals surface area contributed by atoms with Gasteiger partial charge in [-0.2, -0.15) is 0 Å². The number of H-pyrrole nitrogens is 2. The fraction of sp³-hybridized carbons (Fsp3) is 0.227. The first-order valence-corrected chi connectivity index (χ1v) is 9.62. The third-order valence-electron chi connectivity index (χ3n) is 5.39. The van der Waals surface area contributed by atoms with Gasteiger partial charge in [-0.3, -0.25) is 9.78 Å². The molecule has 5 rings (SSSR count). The molecule has 0 aliphatic carbocycles. The van der Waals surface area contributed by atoms with Gasteiger partial charge >= 0.3 is 0 Å². The molecule has 0 radical (unpaired) electrons. The highest BCUT2D eigenvalue weighted by Crippen LogP contribution is 2.28. The van der Waals surface area contributed by atoms with Crippen LogP contribution in [-0.4, -0.2) is 33.0 Å². The summed E-state index contributed by atoms with van der Waals surface area (Å²) in [6, 6.07) is 17.7. The number of benzene rings is 2. The Morgan fingerprint density at radius 3 is 2.71 bits per heavy atom. The molecule has 1 aliphatic rings. The van der Waals surface area contributed by atoms with E-state index in [1.165, 1.54) is 0 Å². The van der Waals surface area contributed by atoms with E-state index >= 15 is 0 Å². The molecule has 1 aliphatic heterocycles. The molecule has 0 spiro atoms. The third kappa shape index (κ3) is 3.07. The summed E-state index contributed by atoms with van der Waals surface area (Å²) in [6.07, 6.45) is 4.00. The average Bonchev–Trinajstić information content (AvgIpc) is 3.25. The van der Waals surface area contributed by atoms with E-state index in [1.54, 1.807) is 6.07 Å². The lowest BCUT2D eigenvalue weighted by Crippen LogP contribution is -2.36. The number of piperidine rings is 1. The van der Waals surface area contributed by atoms with E-state index in [2.05, 4.69) is 37.0 Å². The second-order valence-corrected chi connectivity index (χ2v) is 7.24. The van der Waals surface area contributed by atoms with Crippen molar-refractivity contribution in [2.75, 3.05) is 18.0 Å². The largest absolute Gasteiger partial charge is 0.342 e. The lowest BCUT2D eigenvalue weighted by Gasteiger charge is -2.32. The number of nitrogens with zero attached hydrogens (tertiary/aromatic N) is 3. The number of aromatic nitrogens is 4. The number of aromatic amines is 2. The minimum Gasteiger partial charge on any atom is -0.342 e. The van der Waals surface area contributed by atoms with Crippen LogP contribution in [0.25, 0.3) is 22.2 Å². The van der Waals surface area contributed by atoms with Crippen LogP contribution in [0.15, 0.2) is 65.6 Å². The minimum absolute atomic E-state index is 0.0907. The Balaban J connectivity index is 1.41. The Kier molecular flexibility index (Phi) is 4.16. The molecule has 2 aromatic carbocycles. The maximum absolute atomic E-state index is 12.4. The molecule has 28 heavy (non-hydrogen) atoms. The zero-order chi connectivity index (χ0) is 18.9. The SMILES string of the molecule is O=c1[nH]c(N2CCCC(c3ncc(-c4ccccc4)[nH]3)C2)nc2ccccc12. The fourth-order valence-electron chi connectivity index (χ4n) is 3.93. The van der Waals surface area contributed by atoms with Gasteiger partial charge in [0.25, 0.3) is 5.56 Å². The molecule has 0 amide bonds. The summed E-state index contributed by atoms with van der Waals surface area (Å²) in [5.41, 5.74) is 2.80. The molecule has 0 saturated carbocycles. The lowest BCUT2D eigenvalue weighted by molar-refractivity contribution is 0.488. The van der Waals surface area contributed by atoms with Crippen molar-refractivity contribution in [1.82, 2.24) is 19.9 Å². The van der Waals surface area contributed by atoms with Gasteiger partial charge < -0.3 is 9.88 Å². The van der Waals surface area contributed by atoms with E-state index in [0.717, 1.165) is 48.5 Å². The topological polar surface area (TPSA) is 77.7 Å². The van der Waals surface area contributed by atoms with Crippen LogP contribution >= 0.6 is 0 Å². The molecule has 6 heteroatoms. The standard InChI is InChI=1S/C22H21N5O/c28-21-17-10-4-5-11-18(17)25-22(26-21)27-12-6-9-16(14-27)20-23-13-19(24-20)15-7-2-1-3-8-15/h1-5,7-8,10-11,13,16H,6,9,12,14H2,(H,23,24)(H,25,26,28). The minimum atomic E-state index is -0.0907. The third-order valence-corrected chi connectivity index (χ3v) is 5.39. The first-order chi connectivity index (χ1) is 13.8. The average molecular weight is 371 g/mol. The van der Waals surface area contributed by atoms with Gasteiger partial charge in [0.05, 0.1) is 22.8 Å². The summed E-state index contributed by atoms with van der Waals surface area (Å²) in [6.45, 7) is 1.66. The Labute approximate surface area is 162 Å². The highest BCUT2D eigenvalue weighted by atomic mass is 16.1. The zero-order valence-electron chi connectivity index (χ0n) is 15.4. The molecular weight excluding hydrogens is 350 g/mol. The molecular formula is C22H21N5O. The number of imidazole rings is 1. The van der Waals surface area contributed by atoms with Crippen molar-refractivity contribution in [1.29, 1.82) is 0 Å². The summed E-state index contributed by atoms with van der Waals surface area (Å²) < 4.78 is 0. The monoisotopic (exact) mass is 371 g/mol. The molecule has 140 valence electrons. The Morgan fingerprint density at radius 1 is 1.00 bits per heavy atom. The number of nitrogens with one attached hydrogen (secondary N) is 2. The van der Waals surface area contributed by atoms with E-state index in [9.17, 15) is 4.79 Å². The zero-order valence-corrected chi connectivity index (χ0v) is 15.4. The molecule has 6 nitrogen and oxygen atoms in total. The van der Waals surface area contributed by atoms with Gasteiger partial charge in [-0.25, -0.2) is 9.97 Å². The van der Waals surface area contributed by atoms with Crippen molar-refractivity contribution < 1.29 is 0 Å². The van der Waals surface area contributed by atoms with Crippen molar-refractivity contribution in [3.05, 3.63) is 77.0 Å². The lowest BCUT2D eigenvalue weighted by atomic mass is 9.97. The van der Waals surface area contributed by atoms with Crippen molar-refractivity contribution in [3.8, 4) is 11.3 Å². The number of rotatable bonds is 3. The number of anilines is 1. The predicted molar refractivity (Wildman–Crippen MR) is 111 cm³/mol. The van der Waals surface area contributed by atoms with E-state index in [-0.39, 0.29) is 11.5 Å². The van der Waals surface area contributed by atoms with Gasteiger partial charge in [0, 0.05) is 19.0 Å². The second-order valence-electron chi connectivity index (χ2n) is 7.24. The van der Waals surface area contributed by atoms with Crippen molar-refractivity contribution in [3.63, 3.8) is 0 Å². The van der Waals surface area contributed by atoms with Crippen LogP contribution < -0.4 is 10.5 Å². The molecule has 1 fully saturated rings. The van der Waals surface area contributed by atoms with Gasteiger partial charge in [-0.05, 0) is 30.5 Å². The smallest absolute Gasteiger partial charge is 0.260 e. The predicted octanol–water partition coefficient (Wildman–Crippen LogP) is 3.70. The first-order valence-electron chi connectivity index (χ1n) is 9.62. The first kappa shape index (κ1) is 16.7. The maximum atomic E-state index is 12.4. The summed E-state index contributed by atoms with van der Waals surface area (Å²) in [4.78, 5) is 30.3. The Bertz CT molecular complexity index is 1160. The highest BCUT2D eigenvalue weighted by Gasteiger charge is 2.25. The summed E-state index contributed by atoms with van der Waals surface area (Å²) in [5.74, 6) is 1.91. The van der Waals surface area contributed by atoms with Crippen LogP contribution in [-0.2, 0) is 0 Å². The van der Waals surface area contributed by atoms with Crippen LogP contribution in [0.5, 0.6) is 0 Å². The van der Waals surface area contributed by atoms with Crippen LogP contribution in [0, 0.1) is 0 Å². The molecule has 1 atom stereocenters. The van der Waals surface area contributed by atoms with E-state index < -0.39 is 0 Å². The number of hydrogen-bond acceptors (Lipinski definition) is 4. The van der Waals surface area contributed by atoms with E-state index in [1.807, 2.05) is 42.6 Å². The van der Waals surface area contributed by atoms with E-state index in [4.69, 9.17) is 0 Å². The van der Waals surface area contributed by atoms with Gasteiger partial charge in [0.1, 0.15) is 5.82 Å². The highest BCUT2D eigenvalue weighted by molar-refractivity contribution is 5.78. The van der Waals surface area contributed by atoms with Gasteiger partial charge in [0.2, 0.25) is 5.95 Å². The van der Waals surface area contributed by atoms with Crippen molar-refractivity contribution in [2.24, 2.45) is 0 Å². The van der Waals surface area contributed by atoms with Gasteiger partial charge in [-0.15, -0.1) is 0 Å². The molecule has 1 saturated heterocycles. The van der Waals surface area contributed by atoms with Crippen LogP contribution in [0.4, 0.5) is 5.95 Å². The molecule has 2 aromatic heterocycles. The molecule has 1 unspecified atom stereocenters. The quantitative estimate of drug-likeness (QED) is 0.576. The van der Waals surface area contributed by atoms with Gasteiger partial charge in [0.15, 0.2) is 0 Å². The number of para-hydroxylation sites is 1. The number of hydrogen-bond donors (Lipinski definition) is 2. The molecule has 0 bridgehead atoms. The normalized spacial score (nSPS) is 17.1. The fourth-order valence-corrected chi connectivity index (χ4v) is 3.93. The summed E-state index contributed by atoms with van der Waals surface area (Å²) in [5, 5.41) is 0.623. The summed E-state index contributed by atoms with van der Waals surface area (Å²) >= 11 is 0. The van der Waals surface area contributed by atoms with Crippen molar-refractivity contribution >= 4 is 16.9 Å².